The van der Waals surface area contributed by atoms with E-state index in [9.17, 15) is 0 Å². The number of piperidine rings is 1. The number of anilines is 2. The normalized spacial score (nSPS) is 13.9. The minimum atomic E-state index is 0.725. The third kappa shape index (κ3) is 5.83. The van der Waals surface area contributed by atoms with Crippen molar-refractivity contribution in [1.82, 2.24) is 4.90 Å². The summed E-state index contributed by atoms with van der Waals surface area (Å²) in [6.07, 6.45) is 3.97. The average Bonchev–Trinajstić information content (AvgIpc) is 2.97. The highest BCUT2D eigenvalue weighted by Crippen LogP contribution is 2.38. The summed E-state index contributed by atoms with van der Waals surface area (Å²) in [5.74, 6) is 2.60. The van der Waals surface area contributed by atoms with E-state index >= 15 is 0 Å². The van der Waals surface area contributed by atoms with Crippen LogP contribution in [-0.4, -0.2) is 52.4 Å². The topological polar surface area (TPSA) is 34.2 Å². The molecule has 0 saturated carbocycles. The highest BCUT2D eigenvalue weighted by molar-refractivity contribution is 5.92. The molecule has 5 rings (SSSR count). The maximum Gasteiger partial charge on any atom is 0.120 e. The Morgan fingerprint density at radius 1 is 0.703 bits per heavy atom. The summed E-state index contributed by atoms with van der Waals surface area (Å²) in [6, 6.07) is 27.3. The van der Waals surface area contributed by atoms with Crippen molar-refractivity contribution in [3.8, 4) is 28.4 Å². The van der Waals surface area contributed by atoms with Gasteiger partial charge in [-0.1, -0.05) is 24.6 Å². The molecule has 1 aliphatic rings. The minimum absolute atomic E-state index is 0.725. The summed E-state index contributed by atoms with van der Waals surface area (Å²) in [6.45, 7) is 4.11. The Bertz CT molecular complexity index is 1330. The number of hydrogen-bond donors (Lipinski definition) is 0. The second-order valence-corrected chi connectivity index (χ2v) is 9.61. The number of rotatable bonds is 9. The molecule has 1 aliphatic heterocycles. The highest BCUT2D eigenvalue weighted by Gasteiger charge is 2.14. The lowest BCUT2D eigenvalue weighted by atomic mass is 9.98. The van der Waals surface area contributed by atoms with Gasteiger partial charge in [-0.3, -0.25) is 4.90 Å². The van der Waals surface area contributed by atoms with E-state index in [4.69, 9.17) is 14.2 Å². The third-order valence-electron chi connectivity index (χ3n) is 7.27. The lowest BCUT2D eigenvalue weighted by molar-refractivity contribution is 0.183. The highest BCUT2D eigenvalue weighted by atomic mass is 16.5. The smallest absolute Gasteiger partial charge is 0.120 e. The number of methoxy groups -OCH3 is 2. The van der Waals surface area contributed by atoms with Crippen molar-refractivity contribution in [3.05, 3.63) is 78.9 Å². The summed E-state index contributed by atoms with van der Waals surface area (Å²) >= 11 is 0. The van der Waals surface area contributed by atoms with E-state index in [-0.39, 0.29) is 0 Å². The van der Waals surface area contributed by atoms with Crippen molar-refractivity contribution in [1.29, 1.82) is 0 Å². The Balaban J connectivity index is 1.36. The first kappa shape index (κ1) is 25.0. The van der Waals surface area contributed by atoms with E-state index in [1.807, 2.05) is 12.1 Å². The summed E-state index contributed by atoms with van der Waals surface area (Å²) in [5.41, 5.74) is 4.46. The molecule has 0 aliphatic carbocycles. The molecule has 0 unspecified atom stereocenters. The monoisotopic (exact) mass is 496 g/mol. The van der Waals surface area contributed by atoms with Crippen molar-refractivity contribution in [2.75, 3.05) is 52.4 Å². The van der Waals surface area contributed by atoms with E-state index < -0.39 is 0 Å². The largest absolute Gasteiger partial charge is 0.497 e. The van der Waals surface area contributed by atoms with Gasteiger partial charge < -0.3 is 19.1 Å². The summed E-state index contributed by atoms with van der Waals surface area (Å²) < 4.78 is 17.0. The molecule has 4 aromatic carbocycles. The standard InChI is InChI=1S/C32H36N2O3/c1-33(27-10-13-28(14-11-27)37-20-19-34-17-5-4-6-18-34)32-23-30(36-3)15-16-31(32)26-8-7-25-22-29(35-2)12-9-24(25)21-26/h7-16,21-23H,4-6,17-20H2,1-3H3. The molecule has 1 fully saturated rings. The predicted molar refractivity (Wildman–Crippen MR) is 153 cm³/mol. The van der Waals surface area contributed by atoms with Crippen molar-refractivity contribution in [2.24, 2.45) is 0 Å². The van der Waals surface area contributed by atoms with E-state index in [1.165, 1.54) is 37.7 Å². The molecule has 0 spiro atoms. The van der Waals surface area contributed by atoms with Crippen molar-refractivity contribution in [2.45, 2.75) is 19.3 Å². The molecule has 0 radical (unpaired) electrons. The third-order valence-corrected chi connectivity index (χ3v) is 7.27. The van der Waals surface area contributed by atoms with Gasteiger partial charge in [-0.05, 0) is 96.9 Å². The zero-order valence-corrected chi connectivity index (χ0v) is 22.1. The zero-order valence-electron chi connectivity index (χ0n) is 22.1. The van der Waals surface area contributed by atoms with Gasteiger partial charge in [-0.2, -0.15) is 0 Å². The zero-order chi connectivity index (χ0) is 25.6. The average molecular weight is 497 g/mol. The molecule has 1 saturated heterocycles. The molecular weight excluding hydrogens is 460 g/mol. The molecule has 5 heteroatoms. The van der Waals surface area contributed by atoms with E-state index in [1.54, 1.807) is 14.2 Å². The fourth-order valence-corrected chi connectivity index (χ4v) is 5.06. The van der Waals surface area contributed by atoms with Crippen LogP contribution in [0.15, 0.2) is 78.9 Å². The fraction of sp³-hybridized carbons (Fsp3) is 0.312. The number of nitrogens with zero attached hydrogens (tertiary/aromatic N) is 2. The van der Waals surface area contributed by atoms with Gasteiger partial charge in [0.1, 0.15) is 23.9 Å². The SMILES string of the molecule is COc1ccc(-c2ccc3cc(OC)ccc3c2)c(N(C)c2ccc(OCCN3CCCCC3)cc2)c1. The van der Waals surface area contributed by atoms with Gasteiger partial charge in [0, 0.05) is 30.9 Å². The van der Waals surface area contributed by atoms with Crippen molar-refractivity contribution in [3.63, 3.8) is 0 Å². The molecule has 0 amide bonds. The maximum atomic E-state index is 6.05. The Hall–Kier alpha value is -3.70. The van der Waals surface area contributed by atoms with Gasteiger partial charge in [0.2, 0.25) is 0 Å². The molecular formula is C32H36N2O3. The Labute approximate surface area is 220 Å². The van der Waals surface area contributed by atoms with Gasteiger partial charge >= 0.3 is 0 Å². The van der Waals surface area contributed by atoms with Crippen LogP contribution in [0.5, 0.6) is 17.2 Å². The summed E-state index contributed by atoms with van der Waals surface area (Å²) in [5, 5.41) is 2.33. The first-order valence-electron chi connectivity index (χ1n) is 13.1. The number of fused-ring (bicyclic) bond motifs is 1. The van der Waals surface area contributed by atoms with Crippen LogP contribution in [0.25, 0.3) is 21.9 Å². The van der Waals surface area contributed by atoms with Crippen molar-refractivity contribution < 1.29 is 14.2 Å². The van der Waals surface area contributed by atoms with Gasteiger partial charge in [-0.15, -0.1) is 0 Å². The van der Waals surface area contributed by atoms with Crippen LogP contribution in [0.2, 0.25) is 0 Å². The van der Waals surface area contributed by atoms with Crippen LogP contribution in [0, 0.1) is 0 Å². The molecule has 1 heterocycles. The van der Waals surface area contributed by atoms with Crippen LogP contribution in [0.1, 0.15) is 19.3 Å². The maximum absolute atomic E-state index is 6.05. The van der Waals surface area contributed by atoms with E-state index in [0.29, 0.717) is 0 Å². The second-order valence-electron chi connectivity index (χ2n) is 9.61. The number of hydrogen-bond acceptors (Lipinski definition) is 5. The number of benzene rings is 4. The Kier molecular flexibility index (Phi) is 7.81. The van der Waals surface area contributed by atoms with Crippen LogP contribution in [0.3, 0.4) is 0 Å². The fourth-order valence-electron chi connectivity index (χ4n) is 5.06. The first-order valence-corrected chi connectivity index (χ1v) is 13.1. The Morgan fingerprint density at radius 3 is 2.11 bits per heavy atom. The van der Waals surface area contributed by atoms with Crippen LogP contribution in [-0.2, 0) is 0 Å². The van der Waals surface area contributed by atoms with E-state index in [0.717, 1.165) is 58.3 Å². The van der Waals surface area contributed by atoms with Gasteiger partial charge in [-0.25, -0.2) is 0 Å². The Morgan fingerprint density at radius 2 is 1.35 bits per heavy atom. The molecule has 0 aromatic heterocycles. The van der Waals surface area contributed by atoms with Crippen LogP contribution >= 0.6 is 0 Å². The molecule has 4 aromatic rings. The lowest BCUT2D eigenvalue weighted by Gasteiger charge is -2.26. The van der Waals surface area contributed by atoms with E-state index in [2.05, 4.69) is 83.6 Å². The number of likely N-dealkylation sites (tertiary alicyclic amines) is 1. The van der Waals surface area contributed by atoms with Crippen LogP contribution < -0.4 is 19.1 Å². The molecule has 0 bridgehead atoms. The quantitative estimate of drug-likeness (QED) is 0.246. The molecule has 0 N–H and O–H groups in total. The first-order chi connectivity index (χ1) is 18.1. The predicted octanol–water partition coefficient (Wildman–Crippen LogP) is 7.16. The van der Waals surface area contributed by atoms with Gasteiger partial charge in [0.05, 0.1) is 19.9 Å². The number of ether oxygens (including phenoxy) is 3. The van der Waals surface area contributed by atoms with Gasteiger partial charge in [0.25, 0.3) is 0 Å². The van der Waals surface area contributed by atoms with Crippen LogP contribution in [0.4, 0.5) is 11.4 Å². The molecule has 192 valence electrons. The minimum Gasteiger partial charge on any atom is -0.497 e. The molecule has 37 heavy (non-hydrogen) atoms. The van der Waals surface area contributed by atoms with Gasteiger partial charge in [0.15, 0.2) is 0 Å². The molecule has 5 nitrogen and oxygen atoms in total. The lowest BCUT2D eigenvalue weighted by Crippen LogP contribution is -2.33. The van der Waals surface area contributed by atoms with Crippen molar-refractivity contribution >= 4 is 22.1 Å². The summed E-state index contributed by atoms with van der Waals surface area (Å²) in [7, 11) is 5.50. The second kappa shape index (κ2) is 11.6. The summed E-state index contributed by atoms with van der Waals surface area (Å²) in [4.78, 5) is 4.70. The molecule has 0 atom stereocenters.